The van der Waals surface area contributed by atoms with Crippen LogP contribution in [0.4, 0.5) is 0 Å². The number of carboxylic acids is 1. The molecule has 0 spiro atoms. The summed E-state index contributed by atoms with van der Waals surface area (Å²) in [7, 11) is 0. The van der Waals surface area contributed by atoms with E-state index >= 15 is 0 Å². The van der Waals surface area contributed by atoms with Crippen molar-refractivity contribution in [3.63, 3.8) is 0 Å². The minimum atomic E-state index is -2.25. The SMILES string of the molecule is NCC1CCCCC1N.O=CC(O)C(O)C(O)C(O)C(=O)O.[Pt]. The Morgan fingerprint density at radius 3 is 2.00 bits per heavy atom. The van der Waals surface area contributed by atoms with Gasteiger partial charge < -0.3 is 41.8 Å². The smallest absolute Gasteiger partial charge is 0.335 e. The van der Waals surface area contributed by atoms with E-state index in [9.17, 15) is 9.59 Å². The van der Waals surface area contributed by atoms with Crippen LogP contribution in [-0.2, 0) is 30.7 Å². The summed E-state index contributed by atoms with van der Waals surface area (Å²) < 4.78 is 0. The number of carbonyl (C=O) groups excluding carboxylic acids is 1. The number of nitrogens with two attached hydrogens (primary N) is 2. The number of carboxylic acid groups (broad SMARTS) is 1. The zero-order valence-corrected chi connectivity index (χ0v) is 14.9. The number of hydrogen-bond donors (Lipinski definition) is 7. The maximum absolute atomic E-state index is 10.1. The van der Waals surface area contributed by atoms with Crippen LogP contribution in [0, 0.1) is 5.92 Å². The fraction of sp³-hybridized carbons (Fsp3) is 0.846. The van der Waals surface area contributed by atoms with Crippen molar-refractivity contribution in [1.82, 2.24) is 0 Å². The van der Waals surface area contributed by atoms with Gasteiger partial charge in [0.1, 0.15) is 18.3 Å². The molecule has 0 saturated heterocycles. The molecule has 0 heterocycles. The predicted octanol–water partition coefficient (Wildman–Crippen LogP) is -2.83. The van der Waals surface area contributed by atoms with E-state index in [0.717, 1.165) is 6.54 Å². The first-order chi connectivity index (χ1) is 10.3. The standard InChI is InChI=1S/C7H16N2.C6H10O7.Pt/c8-5-6-3-1-2-4-7(6)9;7-1-2(8)3(9)4(10)5(11)6(12)13;/h6-7H,1-5,8-9H2;1-5,8-11H,(H,12,13);. The Labute approximate surface area is 148 Å². The van der Waals surface area contributed by atoms with Crippen molar-refractivity contribution in [3.05, 3.63) is 0 Å². The fourth-order valence-electron chi connectivity index (χ4n) is 2.14. The zero-order chi connectivity index (χ0) is 17.3. The van der Waals surface area contributed by atoms with Gasteiger partial charge >= 0.3 is 5.97 Å². The van der Waals surface area contributed by atoms with Gasteiger partial charge in [0.15, 0.2) is 12.4 Å². The molecule has 9 nitrogen and oxygen atoms in total. The molecule has 1 rings (SSSR count). The van der Waals surface area contributed by atoms with E-state index in [2.05, 4.69) is 0 Å². The van der Waals surface area contributed by atoms with Gasteiger partial charge in [0.2, 0.25) is 0 Å². The summed E-state index contributed by atoms with van der Waals surface area (Å²) in [5.74, 6) is -1.15. The molecule has 0 aromatic rings. The van der Waals surface area contributed by atoms with E-state index in [4.69, 9.17) is 37.0 Å². The van der Waals surface area contributed by atoms with Crippen molar-refractivity contribution in [2.24, 2.45) is 17.4 Å². The molecule has 1 aliphatic carbocycles. The summed E-state index contributed by atoms with van der Waals surface area (Å²) in [5.41, 5.74) is 11.3. The average molecular weight is 517 g/mol. The minimum Gasteiger partial charge on any atom is -0.479 e. The zero-order valence-electron chi connectivity index (χ0n) is 12.6. The van der Waals surface area contributed by atoms with Gasteiger partial charge in [0, 0.05) is 27.1 Å². The quantitative estimate of drug-likeness (QED) is 0.182. The number of aliphatic carboxylic acids is 1. The normalized spacial score (nSPS) is 25.7. The van der Waals surface area contributed by atoms with Crippen LogP contribution in [0.3, 0.4) is 0 Å². The minimum absolute atomic E-state index is 0. The first-order valence-electron chi connectivity index (χ1n) is 7.12. The predicted molar refractivity (Wildman–Crippen MR) is 76.7 cm³/mol. The summed E-state index contributed by atoms with van der Waals surface area (Å²) in [6.45, 7) is 0.779. The van der Waals surface area contributed by atoms with Crippen LogP contribution in [0.25, 0.3) is 0 Å². The Bertz CT molecular complexity index is 348. The molecule has 6 unspecified atom stereocenters. The van der Waals surface area contributed by atoms with Crippen molar-refractivity contribution in [3.8, 4) is 0 Å². The molecule has 0 bridgehead atoms. The van der Waals surface area contributed by atoms with Crippen molar-refractivity contribution < 1.29 is 56.2 Å². The maximum Gasteiger partial charge on any atom is 0.335 e. The summed E-state index contributed by atoms with van der Waals surface area (Å²) in [4.78, 5) is 20.0. The second-order valence-electron chi connectivity index (χ2n) is 5.34. The molecular weight excluding hydrogens is 491 g/mol. The molecule has 0 aromatic carbocycles. The van der Waals surface area contributed by atoms with Crippen LogP contribution in [0.15, 0.2) is 0 Å². The van der Waals surface area contributed by atoms with Gasteiger partial charge in [-0.25, -0.2) is 4.79 Å². The van der Waals surface area contributed by atoms with Crippen LogP contribution >= 0.6 is 0 Å². The van der Waals surface area contributed by atoms with E-state index in [-0.39, 0.29) is 27.4 Å². The van der Waals surface area contributed by atoms with Crippen molar-refractivity contribution >= 4 is 12.3 Å². The topological polar surface area (TPSA) is 187 Å². The van der Waals surface area contributed by atoms with Gasteiger partial charge in [-0.3, -0.25) is 0 Å². The second kappa shape index (κ2) is 12.9. The molecule has 6 atom stereocenters. The van der Waals surface area contributed by atoms with Gasteiger partial charge in [0.25, 0.3) is 0 Å². The number of carbonyl (C=O) groups is 2. The molecule has 1 fully saturated rings. The van der Waals surface area contributed by atoms with Gasteiger partial charge in [-0.15, -0.1) is 0 Å². The number of aldehydes is 1. The molecule has 0 radical (unpaired) electrons. The van der Waals surface area contributed by atoms with Crippen LogP contribution in [0.5, 0.6) is 0 Å². The van der Waals surface area contributed by atoms with Gasteiger partial charge in [-0.2, -0.15) is 0 Å². The van der Waals surface area contributed by atoms with E-state index < -0.39 is 30.4 Å². The van der Waals surface area contributed by atoms with E-state index in [1.54, 1.807) is 0 Å². The molecule has 10 heteroatoms. The van der Waals surface area contributed by atoms with Crippen molar-refractivity contribution in [2.45, 2.75) is 56.1 Å². The van der Waals surface area contributed by atoms with Gasteiger partial charge in [-0.1, -0.05) is 12.8 Å². The van der Waals surface area contributed by atoms with Crippen LogP contribution in [-0.4, -0.2) is 74.8 Å². The fourth-order valence-corrected chi connectivity index (χ4v) is 2.14. The first kappa shape index (κ1) is 24.8. The third-order valence-electron chi connectivity index (χ3n) is 3.69. The summed E-state index contributed by atoms with van der Waals surface area (Å²) >= 11 is 0. The second-order valence-corrected chi connectivity index (χ2v) is 5.34. The monoisotopic (exact) mass is 517 g/mol. The number of rotatable bonds is 6. The Morgan fingerprint density at radius 1 is 1.13 bits per heavy atom. The first-order valence-corrected chi connectivity index (χ1v) is 7.12. The third kappa shape index (κ3) is 8.85. The average Bonchev–Trinajstić information content (AvgIpc) is 2.52. The summed E-state index contributed by atoms with van der Waals surface area (Å²) in [5, 5.41) is 43.2. The van der Waals surface area contributed by atoms with Gasteiger partial charge in [-0.05, 0) is 25.3 Å². The Kier molecular flexibility index (Phi) is 14.0. The van der Waals surface area contributed by atoms with Crippen molar-refractivity contribution in [1.29, 1.82) is 0 Å². The number of aliphatic hydroxyl groups excluding tert-OH is 4. The van der Waals surface area contributed by atoms with E-state index in [1.807, 2.05) is 0 Å². The van der Waals surface area contributed by atoms with Gasteiger partial charge in [0.05, 0.1) is 0 Å². The van der Waals surface area contributed by atoms with Crippen molar-refractivity contribution in [2.75, 3.05) is 6.54 Å². The molecule has 0 aromatic heterocycles. The number of aliphatic hydroxyl groups is 4. The van der Waals surface area contributed by atoms with Crippen LogP contribution in [0.1, 0.15) is 25.7 Å². The molecule has 0 amide bonds. The maximum atomic E-state index is 10.1. The van der Waals surface area contributed by atoms with E-state index in [1.165, 1.54) is 25.7 Å². The molecular formula is C13H26N2O7Pt. The van der Waals surface area contributed by atoms with Crippen LogP contribution < -0.4 is 11.5 Å². The number of hydrogen-bond acceptors (Lipinski definition) is 8. The Balaban J connectivity index is 0. The Hall–Kier alpha value is -0.412. The molecule has 1 saturated carbocycles. The molecule has 9 N–H and O–H groups in total. The molecule has 1 aliphatic rings. The van der Waals surface area contributed by atoms with Crippen LogP contribution in [0.2, 0.25) is 0 Å². The summed E-state index contributed by atoms with van der Waals surface area (Å²) in [6.07, 6.45) is -3.33. The van der Waals surface area contributed by atoms with E-state index in [0.29, 0.717) is 12.0 Å². The molecule has 23 heavy (non-hydrogen) atoms. The Morgan fingerprint density at radius 2 is 1.65 bits per heavy atom. The largest absolute Gasteiger partial charge is 0.479 e. The molecule has 140 valence electrons. The third-order valence-corrected chi connectivity index (χ3v) is 3.69. The summed E-state index contributed by atoms with van der Waals surface area (Å²) in [6, 6.07) is 0.392. The molecule has 0 aliphatic heterocycles.